The molecule has 0 saturated carbocycles. The van der Waals surface area contributed by atoms with Crippen molar-refractivity contribution in [3.8, 4) is 0 Å². The lowest BCUT2D eigenvalue weighted by Gasteiger charge is -2.26. The Morgan fingerprint density at radius 1 is 1.04 bits per heavy atom. The van der Waals surface area contributed by atoms with Crippen LogP contribution in [0.4, 0.5) is 5.82 Å². The third kappa shape index (κ3) is 4.66. The van der Waals surface area contributed by atoms with E-state index in [0.717, 1.165) is 55.5 Å². The lowest BCUT2D eigenvalue weighted by atomic mass is 9.91. The first kappa shape index (κ1) is 17.7. The molecule has 1 amide bonds. The van der Waals surface area contributed by atoms with E-state index in [1.165, 1.54) is 0 Å². The van der Waals surface area contributed by atoms with Crippen LogP contribution in [-0.2, 0) is 4.79 Å². The Kier molecular flexibility index (Phi) is 5.27. The molecule has 0 aromatic carbocycles. The van der Waals surface area contributed by atoms with Crippen LogP contribution in [0.25, 0.3) is 0 Å². The SMILES string of the molecule is Cc1nc(C)c(C)c(N2CCCN(C(=O)CC(C)(C)C)CC2)n1. The first-order valence-corrected chi connectivity index (χ1v) is 8.52. The molecule has 0 aliphatic carbocycles. The Morgan fingerprint density at radius 3 is 2.39 bits per heavy atom. The lowest BCUT2D eigenvalue weighted by Crippen LogP contribution is -2.37. The first-order chi connectivity index (χ1) is 10.7. The van der Waals surface area contributed by atoms with Crippen LogP contribution in [0.15, 0.2) is 0 Å². The van der Waals surface area contributed by atoms with E-state index in [1.807, 2.05) is 18.7 Å². The second-order valence-corrected chi connectivity index (χ2v) is 7.76. The van der Waals surface area contributed by atoms with Crippen LogP contribution in [0, 0.1) is 26.2 Å². The molecule has 1 aromatic rings. The number of amides is 1. The predicted octanol–water partition coefficient (Wildman–Crippen LogP) is 2.88. The molecule has 0 unspecified atom stereocenters. The summed E-state index contributed by atoms with van der Waals surface area (Å²) in [5.41, 5.74) is 2.23. The summed E-state index contributed by atoms with van der Waals surface area (Å²) < 4.78 is 0. The molecule has 0 N–H and O–H groups in total. The molecule has 0 atom stereocenters. The van der Waals surface area contributed by atoms with Crippen molar-refractivity contribution >= 4 is 11.7 Å². The lowest BCUT2D eigenvalue weighted by molar-refractivity contribution is -0.132. The monoisotopic (exact) mass is 318 g/mol. The van der Waals surface area contributed by atoms with Crippen LogP contribution >= 0.6 is 0 Å². The van der Waals surface area contributed by atoms with Gasteiger partial charge in [0, 0.05) is 43.9 Å². The molecule has 1 fully saturated rings. The fourth-order valence-electron chi connectivity index (χ4n) is 3.00. The van der Waals surface area contributed by atoms with Gasteiger partial charge in [0.15, 0.2) is 0 Å². The maximum absolute atomic E-state index is 12.5. The number of hydrogen-bond acceptors (Lipinski definition) is 4. The molecule has 1 saturated heterocycles. The molecular weight excluding hydrogens is 288 g/mol. The number of anilines is 1. The van der Waals surface area contributed by atoms with E-state index in [9.17, 15) is 4.79 Å². The molecule has 23 heavy (non-hydrogen) atoms. The molecule has 0 spiro atoms. The van der Waals surface area contributed by atoms with Crippen molar-refractivity contribution in [3.05, 3.63) is 17.1 Å². The molecule has 5 heteroatoms. The predicted molar refractivity (Wildman–Crippen MR) is 93.7 cm³/mol. The zero-order chi connectivity index (χ0) is 17.2. The van der Waals surface area contributed by atoms with Crippen LogP contribution in [0.3, 0.4) is 0 Å². The van der Waals surface area contributed by atoms with E-state index in [1.54, 1.807) is 0 Å². The summed E-state index contributed by atoms with van der Waals surface area (Å²) in [5.74, 6) is 2.11. The molecule has 1 aliphatic rings. The molecule has 0 radical (unpaired) electrons. The molecular formula is C18H30N4O. The van der Waals surface area contributed by atoms with Crippen molar-refractivity contribution < 1.29 is 4.79 Å². The van der Waals surface area contributed by atoms with E-state index in [4.69, 9.17) is 0 Å². The summed E-state index contributed by atoms with van der Waals surface area (Å²) in [6, 6.07) is 0. The van der Waals surface area contributed by atoms with E-state index < -0.39 is 0 Å². The number of carbonyl (C=O) groups excluding carboxylic acids is 1. The molecule has 0 bridgehead atoms. The second-order valence-electron chi connectivity index (χ2n) is 7.76. The molecule has 128 valence electrons. The van der Waals surface area contributed by atoms with E-state index in [0.29, 0.717) is 6.42 Å². The average Bonchev–Trinajstić information content (AvgIpc) is 2.66. The summed E-state index contributed by atoms with van der Waals surface area (Å²) in [7, 11) is 0. The Balaban J connectivity index is 2.09. The van der Waals surface area contributed by atoms with Crippen molar-refractivity contribution in [2.24, 2.45) is 5.41 Å². The van der Waals surface area contributed by atoms with Gasteiger partial charge in [-0.1, -0.05) is 20.8 Å². The highest BCUT2D eigenvalue weighted by atomic mass is 16.2. The zero-order valence-corrected chi connectivity index (χ0v) is 15.4. The fourth-order valence-corrected chi connectivity index (χ4v) is 3.00. The quantitative estimate of drug-likeness (QED) is 0.841. The van der Waals surface area contributed by atoms with Crippen LogP contribution in [0.2, 0.25) is 0 Å². The van der Waals surface area contributed by atoms with E-state index >= 15 is 0 Å². The summed E-state index contributed by atoms with van der Waals surface area (Å²) in [5, 5.41) is 0. The number of rotatable bonds is 2. The third-order valence-electron chi connectivity index (χ3n) is 4.31. The minimum absolute atomic E-state index is 0.0422. The van der Waals surface area contributed by atoms with Crippen molar-refractivity contribution in [1.29, 1.82) is 0 Å². The smallest absolute Gasteiger partial charge is 0.223 e. The standard InChI is InChI=1S/C18H30N4O/c1-13-14(2)19-15(3)20-17(13)22-9-7-8-21(10-11-22)16(23)12-18(4,5)6/h7-12H2,1-6H3. The number of nitrogens with zero attached hydrogens (tertiary/aromatic N) is 4. The molecule has 2 heterocycles. The van der Waals surface area contributed by atoms with Gasteiger partial charge in [0.25, 0.3) is 0 Å². The second kappa shape index (κ2) is 6.85. The largest absolute Gasteiger partial charge is 0.354 e. The van der Waals surface area contributed by atoms with Gasteiger partial charge in [0.1, 0.15) is 11.6 Å². The minimum atomic E-state index is 0.0422. The fraction of sp³-hybridized carbons (Fsp3) is 0.722. The number of hydrogen-bond donors (Lipinski definition) is 0. The highest BCUT2D eigenvalue weighted by Gasteiger charge is 2.24. The summed E-state index contributed by atoms with van der Waals surface area (Å²) in [6.07, 6.45) is 1.59. The number of aryl methyl sites for hydroxylation is 2. The van der Waals surface area contributed by atoms with Crippen molar-refractivity contribution in [3.63, 3.8) is 0 Å². The average molecular weight is 318 g/mol. The van der Waals surface area contributed by atoms with E-state index in [-0.39, 0.29) is 11.3 Å². The maximum atomic E-state index is 12.5. The van der Waals surface area contributed by atoms with Crippen molar-refractivity contribution in [1.82, 2.24) is 14.9 Å². The van der Waals surface area contributed by atoms with Gasteiger partial charge in [-0.15, -0.1) is 0 Å². The van der Waals surface area contributed by atoms with Gasteiger partial charge in [-0.2, -0.15) is 0 Å². The van der Waals surface area contributed by atoms with Gasteiger partial charge < -0.3 is 9.80 Å². The molecule has 2 rings (SSSR count). The third-order valence-corrected chi connectivity index (χ3v) is 4.31. The summed E-state index contributed by atoms with van der Waals surface area (Å²) >= 11 is 0. The number of carbonyl (C=O) groups is 1. The van der Waals surface area contributed by atoms with Crippen LogP contribution in [-0.4, -0.2) is 47.0 Å². The molecule has 1 aliphatic heterocycles. The molecule has 1 aromatic heterocycles. The van der Waals surface area contributed by atoms with Gasteiger partial charge in [0.05, 0.1) is 0 Å². The van der Waals surface area contributed by atoms with Gasteiger partial charge >= 0.3 is 0 Å². The molecule has 5 nitrogen and oxygen atoms in total. The summed E-state index contributed by atoms with van der Waals surface area (Å²) in [6.45, 7) is 15.8. The zero-order valence-electron chi connectivity index (χ0n) is 15.4. The summed E-state index contributed by atoms with van der Waals surface area (Å²) in [4.78, 5) is 25.9. The van der Waals surface area contributed by atoms with Crippen molar-refractivity contribution in [2.45, 2.75) is 54.4 Å². The Labute approximate surface area is 140 Å². The van der Waals surface area contributed by atoms with Gasteiger partial charge in [0.2, 0.25) is 5.91 Å². The van der Waals surface area contributed by atoms with Crippen LogP contribution in [0.1, 0.15) is 50.7 Å². The maximum Gasteiger partial charge on any atom is 0.223 e. The Morgan fingerprint density at radius 2 is 1.74 bits per heavy atom. The number of aromatic nitrogens is 2. The van der Waals surface area contributed by atoms with E-state index in [2.05, 4.69) is 42.6 Å². The van der Waals surface area contributed by atoms with Crippen LogP contribution in [0.5, 0.6) is 0 Å². The highest BCUT2D eigenvalue weighted by molar-refractivity contribution is 5.77. The van der Waals surface area contributed by atoms with Crippen molar-refractivity contribution in [2.75, 3.05) is 31.1 Å². The normalized spacial score (nSPS) is 16.4. The highest BCUT2D eigenvalue weighted by Crippen LogP contribution is 2.23. The van der Waals surface area contributed by atoms with Gasteiger partial charge in [-0.05, 0) is 32.6 Å². The Bertz CT molecular complexity index is 577. The van der Waals surface area contributed by atoms with Gasteiger partial charge in [-0.25, -0.2) is 9.97 Å². The first-order valence-electron chi connectivity index (χ1n) is 8.52. The Hall–Kier alpha value is -1.65. The van der Waals surface area contributed by atoms with Crippen LogP contribution < -0.4 is 4.90 Å². The topological polar surface area (TPSA) is 49.3 Å². The minimum Gasteiger partial charge on any atom is -0.354 e. The van der Waals surface area contributed by atoms with Gasteiger partial charge in [-0.3, -0.25) is 4.79 Å².